The molecule has 0 fully saturated rings. The molecule has 154 valence electrons. The highest BCUT2D eigenvalue weighted by atomic mass is 16.5. The smallest absolute Gasteiger partial charge is 0.338 e. The highest BCUT2D eigenvalue weighted by Gasteiger charge is 2.36. The quantitative estimate of drug-likeness (QED) is 0.521. The van der Waals surface area contributed by atoms with Gasteiger partial charge in [0.2, 0.25) is 0 Å². The van der Waals surface area contributed by atoms with E-state index in [1.807, 2.05) is 12.1 Å². The molecule has 0 saturated heterocycles. The first-order valence-corrected chi connectivity index (χ1v) is 10.4. The molecule has 2 aromatic carbocycles. The summed E-state index contributed by atoms with van der Waals surface area (Å²) in [5.74, 6) is -0.411. The van der Waals surface area contributed by atoms with Crippen LogP contribution in [0.4, 0.5) is 0 Å². The lowest BCUT2D eigenvalue weighted by atomic mass is 9.63. The standard InChI is InChI=1S/C26H32O3/c1-18(16-19-6-8-20(9-7-19)24(28)29-15-14-27)21-10-11-22-23(17-21)26(4,5)13-12-25(22,2)3/h6-11,16-17,27H,12-15H2,1-5H3/b18-16+. The number of aliphatic hydroxyl groups is 1. The first-order valence-electron chi connectivity index (χ1n) is 10.4. The Balaban J connectivity index is 1.86. The molecule has 0 spiro atoms. The van der Waals surface area contributed by atoms with Crippen LogP contribution in [0.15, 0.2) is 42.5 Å². The fourth-order valence-corrected chi connectivity index (χ4v) is 4.10. The number of fused-ring (bicyclic) bond motifs is 1. The van der Waals surface area contributed by atoms with Crippen LogP contribution in [0.5, 0.6) is 0 Å². The Hall–Kier alpha value is -2.39. The van der Waals surface area contributed by atoms with Crippen molar-refractivity contribution < 1.29 is 14.6 Å². The van der Waals surface area contributed by atoms with Gasteiger partial charge < -0.3 is 9.84 Å². The van der Waals surface area contributed by atoms with E-state index in [9.17, 15) is 4.79 Å². The van der Waals surface area contributed by atoms with Crippen molar-refractivity contribution in [1.82, 2.24) is 0 Å². The average molecular weight is 393 g/mol. The van der Waals surface area contributed by atoms with Gasteiger partial charge in [-0.1, -0.05) is 64.1 Å². The van der Waals surface area contributed by atoms with Crippen molar-refractivity contribution >= 4 is 17.6 Å². The van der Waals surface area contributed by atoms with Gasteiger partial charge in [-0.25, -0.2) is 4.79 Å². The fraction of sp³-hybridized carbons (Fsp3) is 0.423. The van der Waals surface area contributed by atoms with Gasteiger partial charge in [0.25, 0.3) is 0 Å². The van der Waals surface area contributed by atoms with Gasteiger partial charge in [-0.05, 0) is 70.6 Å². The molecule has 3 heteroatoms. The van der Waals surface area contributed by atoms with Crippen molar-refractivity contribution in [2.75, 3.05) is 13.2 Å². The van der Waals surface area contributed by atoms with Crippen LogP contribution in [-0.4, -0.2) is 24.3 Å². The maximum atomic E-state index is 11.9. The molecule has 0 atom stereocenters. The Morgan fingerprint density at radius 3 is 2.17 bits per heavy atom. The van der Waals surface area contributed by atoms with Crippen molar-refractivity contribution in [3.8, 4) is 0 Å². The topological polar surface area (TPSA) is 46.5 Å². The van der Waals surface area contributed by atoms with Crippen LogP contribution in [0.25, 0.3) is 11.6 Å². The van der Waals surface area contributed by atoms with Crippen LogP contribution in [-0.2, 0) is 15.6 Å². The third-order valence-electron chi connectivity index (χ3n) is 6.16. The SMILES string of the molecule is C/C(=C\c1ccc(C(=O)OCCO)cc1)c1ccc2c(c1)C(C)(C)CCC2(C)C. The number of benzene rings is 2. The Bertz CT molecular complexity index is 917. The van der Waals surface area contributed by atoms with E-state index in [0.29, 0.717) is 5.56 Å². The maximum Gasteiger partial charge on any atom is 0.338 e. The lowest BCUT2D eigenvalue weighted by Gasteiger charge is -2.42. The van der Waals surface area contributed by atoms with E-state index in [-0.39, 0.29) is 24.0 Å². The number of ether oxygens (including phenoxy) is 1. The molecule has 1 N–H and O–H groups in total. The molecule has 3 nitrogen and oxygen atoms in total. The second-order valence-electron chi connectivity index (χ2n) is 9.34. The molecule has 0 aliphatic heterocycles. The fourth-order valence-electron chi connectivity index (χ4n) is 4.10. The monoisotopic (exact) mass is 392 g/mol. The summed E-state index contributed by atoms with van der Waals surface area (Å²) in [6.45, 7) is 11.4. The number of carbonyl (C=O) groups is 1. The van der Waals surface area contributed by atoms with Crippen LogP contribution in [0.1, 0.15) is 80.1 Å². The lowest BCUT2D eigenvalue weighted by Crippen LogP contribution is -2.33. The third kappa shape index (κ3) is 4.62. The van der Waals surface area contributed by atoms with Gasteiger partial charge >= 0.3 is 5.97 Å². The van der Waals surface area contributed by atoms with E-state index in [2.05, 4.69) is 58.9 Å². The molecule has 0 heterocycles. The average Bonchev–Trinajstić information content (AvgIpc) is 2.70. The predicted octanol–water partition coefficient (Wildman–Crippen LogP) is 5.75. The molecule has 0 amide bonds. The minimum Gasteiger partial charge on any atom is -0.460 e. The molecule has 29 heavy (non-hydrogen) atoms. The van der Waals surface area contributed by atoms with E-state index in [1.165, 1.54) is 35.1 Å². The van der Waals surface area contributed by atoms with Crippen LogP contribution in [0, 0.1) is 0 Å². The van der Waals surface area contributed by atoms with Crippen molar-refractivity contribution in [3.05, 3.63) is 70.3 Å². The van der Waals surface area contributed by atoms with Gasteiger partial charge in [0.1, 0.15) is 6.61 Å². The lowest BCUT2D eigenvalue weighted by molar-refractivity contribution is 0.0434. The molecule has 0 unspecified atom stereocenters. The van der Waals surface area contributed by atoms with E-state index in [0.717, 1.165) is 5.56 Å². The number of hydrogen-bond donors (Lipinski definition) is 1. The second kappa shape index (κ2) is 8.16. The molecule has 2 aromatic rings. The van der Waals surface area contributed by atoms with Crippen molar-refractivity contribution in [3.63, 3.8) is 0 Å². The van der Waals surface area contributed by atoms with Gasteiger partial charge in [0, 0.05) is 0 Å². The van der Waals surface area contributed by atoms with Gasteiger partial charge in [0.15, 0.2) is 0 Å². The van der Waals surface area contributed by atoms with E-state index < -0.39 is 5.97 Å². The number of aliphatic hydroxyl groups excluding tert-OH is 1. The highest BCUT2D eigenvalue weighted by molar-refractivity contribution is 5.90. The number of allylic oxidation sites excluding steroid dienone is 1. The normalized spacial score (nSPS) is 17.5. The van der Waals surface area contributed by atoms with Gasteiger partial charge in [-0.3, -0.25) is 0 Å². The number of hydrogen-bond acceptors (Lipinski definition) is 3. The van der Waals surface area contributed by atoms with E-state index in [4.69, 9.17) is 9.84 Å². The molecule has 0 radical (unpaired) electrons. The summed E-state index contributed by atoms with van der Waals surface area (Å²) in [7, 11) is 0. The zero-order valence-corrected chi connectivity index (χ0v) is 18.2. The van der Waals surface area contributed by atoms with E-state index >= 15 is 0 Å². The van der Waals surface area contributed by atoms with Crippen LogP contribution < -0.4 is 0 Å². The Morgan fingerprint density at radius 1 is 0.966 bits per heavy atom. The van der Waals surface area contributed by atoms with Crippen LogP contribution in [0.2, 0.25) is 0 Å². The molecule has 0 aromatic heterocycles. The summed E-state index contributed by atoms with van der Waals surface area (Å²) < 4.78 is 4.95. The Kier molecular flexibility index (Phi) is 6.00. The Morgan fingerprint density at radius 2 is 1.55 bits per heavy atom. The minimum absolute atomic E-state index is 0.0189. The Labute approximate surface area is 174 Å². The summed E-state index contributed by atoms with van der Waals surface area (Å²) in [6.07, 6.45) is 4.56. The summed E-state index contributed by atoms with van der Waals surface area (Å²) >= 11 is 0. The molecule has 3 rings (SSSR count). The largest absolute Gasteiger partial charge is 0.460 e. The van der Waals surface area contributed by atoms with Crippen molar-refractivity contribution in [1.29, 1.82) is 0 Å². The third-order valence-corrected chi connectivity index (χ3v) is 6.16. The van der Waals surface area contributed by atoms with Gasteiger partial charge in [0.05, 0.1) is 12.2 Å². The zero-order valence-electron chi connectivity index (χ0n) is 18.2. The first-order chi connectivity index (χ1) is 13.6. The molecular formula is C26H32O3. The molecule has 0 saturated carbocycles. The minimum atomic E-state index is -0.411. The van der Waals surface area contributed by atoms with Gasteiger partial charge in [-0.2, -0.15) is 0 Å². The summed E-state index contributed by atoms with van der Waals surface area (Å²) in [5.41, 5.74) is 7.31. The second-order valence-corrected chi connectivity index (χ2v) is 9.34. The molecular weight excluding hydrogens is 360 g/mol. The number of esters is 1. The van der Waals surface area contributed by atoms with Gasteiger partial charge in [-0.15, -0.1) is 0 Å². The van der Waals surface area contributed by atoms with Crippen molar-refractivity contribution in [2.24, 2.45) is 0 Å². The summed E-state index contributed by atoms with van der Waals surface area (Å²) in [4.78, 5) is 11.9. The summed E-state index contributed by atoms with van der Waals surface area (Å²) in [5, 5.41) is 8.76. The van der Waals surface area contributed by atoms with Crippen LogP contribution in [0.3, 0.4) is 0 Å². The molecule has 0 bridgehead atoms. The molecule has 1 aliphatic carbocycles. The van der Waals surface area contributed by atoms with E-state index in [1.54, 1.807) is 12.1 Å². The predicted molar refractivity (Wildman–Crippen MR) is 119 cm³/mol. The highest BCUT2D eigenvalue weighted by Crippen LogP contribution is 2.46. The molecule has 1 aliphatic rings. The summed E-state index contributed by atoms with van der Waals surface area (Å²) in [6, 6.07) is 14.3. The number of rotatable bonds is 5. The maximum absolute atomic E-state index is 11.9. The zero-order chi connectivity index (χ0) is 21.2. The number of carbonyl (C=O) groups excluding carboxylic acids is 1. The van der Waals surface area contributed by atoms with Crippen molar-refractivity contribution in [2.45, 2.75) is 58.3 Å². The van der Waals surface area contributed by atoms with Crippen LogP contribution >= 0.6 is 0 Å². The first kappa shape index (κ1) is 21.3.